The van der Waals surface area contributed by atoms with Crippen LogP contribution in [-0.2, 0) is 12.8 Å². The van der Waals surface area contributed by atoms with E-state index in [9.17, 15) is 0 Å². The third-order valence-electron chi connectivity index (χ3n) is 6.88. The van der Waals surface area contributed by atoms with Crippen molar-refractivity contribution in [2.75, 3.05) is 4.90 Å². The number of pyridine rings is 1. The predicted octanol–water partition coefficient (Wildman–Crippen LogP) is 9.99. The van der Waals surface area contributed by atoms with Crippen molar-refractivity contribution in [3.63, 3.8) is 0 Å². The first-order valence-electron chi connectivity index (χ1n) is 13.7. The number of hydrogen-bond donors (Lipinski definition) is 0. The van der Waals surface area contributed by atoms with Gasteiger partial charge in [-0.1, -0.05) is 75.9 Å². The maximum atomic E-state index is 4.34. The van der Waals surface area contributed by atoms with E-state index < -0.39 is 0 Å². The molecule has 186 valence electrons. The van der Waals surface area contributed by atoms with Gasteiger partial charge >= 0.3 is 0 Å². The number of anilines is 3. The standard InChI is InChI=1S/C34H40N2/c1-4-6-8-10-28-12-18-32(19-13-28)36(33-20-14-29(15-21-33)11-9-7-5-2)34-22-16-30(17-23-34)31-24-25-35-27(3)26-31/h12-26H,4-11H2,1-3H3. The number of benzene rings is 3. The fraction of sp³-hybridized carbons (Fsp3) is 0.324. The molecule has 4 aromatic rings. The van der Waals surface area contributed by atoms with Crippen molar-refractivity contribution in [1.82, 2.24) is 4.98 Å². The van der Waals surface area contributed by atoms with Crippen molar-refractivity contribution >= 4 is 17.1 Å². The van der Waals surface area contributed by atoms with Crippen molar-refractivity contribution in [2.45, 2.75) is 72.1 Å². The van der Waals surface area contributed by atoms with Gasteiger partial charge in [0.15, 0.2) is 0 Å². The second kappa shape index (κ2) is 13.1. The fourth-order valence-electron chi connectivity index (χ4n) is 4.76. The summed E-state index contributed by atoms with van der Waals surface area (Å²) in [6.07, 6.45) is 11.8. The number of aryl methyl sites for hydroxylation is 3. The molecule has 0 bridgehead atoms. The van der Waals surface area contributed by atoms with Crippen LogP contribution in [0.1, 0.15) is 69.2 Å². The van der Waals surface area contributed by atoms with Gasteiger partial charge in [-0.05, 0) is 103 Å². The molecule has 3 aromatic carbocycles. The molecule has 2 nitrogen and oxygen atoms in total. The van der Waals surface area contributed by atoms with E-state index in [1.807, 2.05) is 13.1 Å². The van der Waals surface area contributed by atoms with Crippen LogP contribution in [0, 0.1) is 6.92 Å². The molecular formula is C34H40N2. The summed E-state index contributed by atoms with van der Waals surface area (Å²) in [6.45, 7) is 6.56. The SMILES string of the molecule is CCCCCc1ccc(N(c2ccc(CCCCC)cc2)c2ccc(-c3ccnc(C)c3)cc2)cc1. The molecule has 0 amide bonds. The Morgan fingerprint density at radius 1 is 0.556 bits per heavy atom. The number of hydrogen-bond acceptors (Lipinski definition) is 2. The highest BCUT2D eigenvalue weighted by Gasteiger charge is 2.13. The maximum Gasteiger partial charge on any atom is 0.0462 e. The first-order chi connectivity index (χ1) is 17.7. The van der Waals surface area contributed by atoms with Gasteiger partial charge in [0.2, 0.25) is 0 Å². The van der Waals surface area contributed by atoms with E-state index >= 15 is 0 Å². The monoisotopic (exact) mass is 476 g/mol. The second-order valence-electron chi connectivity index (χ2n) is 9.82. The van der Waals surface area contributed by atoms with Gasteiger partial charge in [-0.2, -0.15) is 0 Å². The minimum Gasteiger partial charge on any atom is -0.311 e. The lowest BCUT2D eigenvalue weighted by Crippen LogP contribution is -2.10. The smallest absolute Gasteiger partial charge is 0.0462 e. The molecule has 0 unspecified atom stereocenters. The molecular weight excluding hydrogens is 436 g/mol. The van der Waals surface area contributed by atoms with Gasteiger partial charge in [-0.3, -0.25) is 4.98 Å². The minimum absolute atomic E-state index is 1.04. The van der Waals surface area contributed by atoms with Gasteiger partial charge in [0.25, 0.3) is 0 Å². The van der Waals surface area contributed by atoms with Crippen molar-refractivity contribution in [2.24, 2.45) is 0 Å². The lowest BCUT2D eigenvalue weighted by molar-refractivity contribution is 0.717. The van der Waals surface area contributed by atoms with Crippen LogP contribution in [-0.4, -0.2) is 4.98 Å². The van der Waals surface area contributed by atoms with Crippen LogP contribution >= 0.6 is 0 Å². The summed E-state index contributed by atoms with van der Waals surface area (Å²) in [5.74, 6) is 0. The maximum absolute atomic E-state index is 4.34. The molecule has 2 heteroatoms. The van der Waals surface area contributed by atoms with E-state index in [0.717, 1.165) is 18.5 Å². The summed E-state index contributed by atoms with van der Waals surface area (Å²) in [6, 6.07) is 31.4. The van der Waals surface area contributed by atoms with Crippen LogP contribution < -0.4 is 4.90 Å². The van der Waals surface area contributed by atoms with Crippen molar-refractivity contribution in [1.29, 1.82) is 0 Å². The first-order valence-corrected chi connectivity index (χ1v) is 13.7. The van der Waals surface area contributed by atoms with Crippen LogP contribution in [0.15, 0.2) is 91.1 Å². The third kappa shape index (κ3) is 6.85. The Morgan fingerprint density at radius 2 is 1.03 bits per heavy atom. The molecule has 36 heavy (non-hydrogen) atoms. The molecule has 0 atom stereocenters. The topological polar surface area (TPSA) is 16.1 Å². The minimum atomic E-state index is 1.04. The van der Waals surface area contributed by atoms with Crippen LogP contribution in [0.2, 0.25) is 0 Å². The van der Waals surface area contributed by atoms with Crippen LogP contribution in [0.25, 0.3) is 11.1 Å². The van der Waals surface area contributed by atoms with Crippen molar-refractivity contribution < 1.29 is 0 Å². The Balaban J connectivity index is 1.63. The van der Waals surface area contributed by atoms with Crippen molar-refractivity contribution in [3.05, 3.63) is 108 Å². The molecule has 4 rings (SSSR count). The van der Waals surface area contributed by atoms with Gasteiger partial charge in [-0.15, -0.1) is 0 Å². The average molecular weight is 477 g/mol. The van der Waals surface area contributed by atoms with Crippen LogP contribution in [0.3, 0.4) is 0 Å². The van der Waals surface area contributed by atoms with Gasteiger partial charge in [-0.25, -0.2) is 0 Å². The third-order valence-corrected chi connectivity index (χ3v) is 6.88. The lowest BCUT2D eigenvalue weighted by atomic mass is 10.0. The summed E-state index contributed by atoms with van der Waals surface area (Å²) in [4.78, 5) is 6.71. The highest BCUT2D eigenvalue weighted by atomic mass is 15.1. The summed E-state index contributed by atoms with van der Waals surface area (Å²) < 4.78 is 0. The molecule has 0 aliphatic rings. The van der Waals surface area contributed by atoms with Crippen LogP contribution in [0.4, 0.5) is 17.1 Å². The van der Waals surface area contributed by atoms with E-state index in [1.54, 1.807) is 0 Å². The Kier molecular flexibility index (Phi) is 9.33. The summed E-state index contributed by atoms with van der Waals surface area (Å²) >= 11 is 0. The average Bonchev–Trinajstić information content (AvgIpc) is 2.91. The molecule has 1 aromatic heterocycles. The fourth-order valence-corrected chi connectivity index (χ4v) is 4.76. The van der Waals surface area contributed by atoms with Gasteiger partial charge in [0.1, 0.15) is 0 Å². The Morgan fingerprint density at radius 3 is 1.47 bits per heavy atom. The normalized spacial score (nSPS) is 11.0. The second-order valence-corrected chi connectivity index (χ2v) is 9.82. The zero-order valence-electron chi connectivity index (χ0n) is 22.2. The number of aromatic nitrogens is 1. The zero-order chi connectivity index (χ0) is 25.2. The Hall–Kier alpha value is -3.39. The summed E-state index contributed by atoms with van der Waals surface area (Å²) in [7, 11) is 0. The van der Waals surface area contributed by atoms with Crippen LogP contribution in [0.5, 0.6) is 0 Å². The molecule has 0 N–H and O–H groups in total. The first kappa shape index (κ1) is 25.7. The number of nitrogens with zero attached hydrogens (tertiary/aromatic N) is 2. The molecule has 0 aliphatic heterocycles. The van der Waals surface area contributed by atoms with E-state index in [2.05, 4.69) is 109 Å². The molecule has 0 radical (unpaired) electrons. The summed E-state index contributed by atoms with van der Waals surface area (Å²) in [5.41, 5.74) is 9.85. The number of rotatable bonds is 12. The summed E-state index contributed by atoms with van der Waals surface area (Å²) in [5, 5.41) is 0. The molecule has 0 saturated carbocycles. The molecule has 0 spiro atoms. The Labute approximate surface area is 218 Å². The highest BCUT2D eigenvalue weighted by molar-refractivity contribution is 5.78. The van der Waals surface area contributed by atoms with Gasteiger partial charge in [0.05, 0.1) is 0 Å². The van der Waals surface area contributed by atoms with Gasteiger partial charge < -0.3 is 4.90 Å². The van der Waals surface area contributed by atoms with Crippen molar-refractivity contribution in [3.8, 4) is 11.1 Å². The number of unbranched alkanes of at least 4 members (excludes halogenated alkanes) is 4. The molecule has 0 aliphatic carbocycles. The van der Waals surface area contributed by atoms with E-state index in [1.165, 1.54) is 77.8 Å². The quantitative estimate of drug-likeness (QED) is 0.189. The molecule has 0 fully saturated rings. The largest absolute Gasteiger partial charge is 0.311 e. The predicted molar refractivity (Wildman–Crippen MR) is 156 cm³/mol. The molecule has 1 heterocycles. The zero-order valence-corrected chi connectivity index (χ0v) is 22.2. The van der Waals surface area contributed by atoms with E-state index in [4.69, 9.17) is 0 Å². The lowest BCUT2D eigenvalue weighted by Gasteiger charge is -2.26. The van der Waals surface area contributed by atoms with E-state index in [-0.39, 0.29) is 0 Å². The molecule has 0 saturated heterocycles. The highest BCUT2D eigenvalue weighted by Crippen LogP contribution is 2.36. The van der Waals surface area contributed by atoms with E-state index in [0.29, 0.717) is 0 Å². The Bertz CT molecular complexity index is 1140. The van der Waals surface area contributed by atoms with Gasteiger partial charge in [0, 0.05) is 29.0 Å².